The maximum absolute atomic E-state index is 12.8. The Morgan fingerprint density at radius 3 is 1.75 bits per heavy atom. The van der Waals surface area contributed by atoms with Gasteiger partial charge in [-0.15, -0.1) is 0 Å². The molecule has 1 nitrogen and oxygen atoms in total. The molecule has 0 atom stereocenters. The van der Waals surface area contributed by atoms with E-state index in [0.29, 0.717) is 0 Å². The predicted molar refractivity (Wildman–Crippen MR) is 110 cm³/mol. The first-order valence-electron chi connectivity index (χ1n) is 9.86. The summed E-state index contributed by atoms with van der Waals surface area (Å²) in [4.78, 5) is 12.8. The van der Waals surface area contributed by atoms with Crippen LogP contribution in [0.2, 0.25) is 17.7 Å². The predicted octanol–water partition coefficient (Wildman–Crippen LogP) is 7.27. The molecule has 0 aromatic heterocycles. The third-order valence-corrected chi connectivity index (χ3v) is 20.6. The summed E-state index contributed by atoms with van der Waals surface area (Å²) in [6, 6.07) is 9.71. The van der Waals surface area contributed by atoms with Crippen LogP contribution in [0.5, 0.6) is 0 Å². The molecule has 0 spiro atoms. The van der Waals surface area contributed by atoms with Crippen LogP contribution in [-0.4, -0.2) is 24.2 Å². The first kappa shape index (κ1) is 21.5. The molecule has 0 radical (unpaired) electrons. The standard InChI is InChI=1S/C10H9O.3C4H9.Sn/c1-8(2)10(11)9-6-4-3-5-7-9;3*1-3-4-2;/h3-7H,1-2H2;3*1,3-4H2,2H3;. The minimum absolute atomic E-state index is 0.182. The second-order valence-electron chi connectivity index (χ2n) is 7.29. The molecular weight excluding hydrogens is 399 g/mol. The Morgan fingerprint density at radius 2 is 1.33 bits per heavy atom. The maximum atomic E-state index is 12.8. The number of allylic oxidation sites excluding steroid dienone is 1. The van der Waals surface area contributed by atoms with Gasteiger partial charge in [-0.1, -0.05) is 0 Å². The van der Waals surface area contributed by atoms with Crippen LogP contribution in [0.4, 0.5) is 0 Å². The summed E-state index contributed by atoms with van der Waals surface area (Å²) in [5.74, 6) is 0.182. The van der Waals surface area contributed by atoms with Gasteiger partial charge in [-0.25, -0.2) is 0 Å². The molecule has 0 heterocycles. The Bertz CT molecular complexity index is 470. The minimum atomic E-state index is -2.31. The van der Waals surface area contributed by atoms with Crippen molar-refractivity contribution >= 4 is 24.2 Å². The van der Waals surface area contributed by atoms with Gasteiger partial charge in [0.05, 0.1) is 0 Å². The van der Waals surface area contributed by atoms with Gasteiger partial charge in [-0.3, -0.25) is 0 Å². The molecule has 0 fully saturated rings. The number of ketones is 1. The number of rotatable bonds is 13. The number of unbranched alkanes of at least 4 members (excludes halogenated alkanes) is 3. The van der Waals surface area contributed by atoms with Crippen molar-refractivity contribution in [2.45, 2.75) is 77.0 Å². The normalized spacial score (nSPS) is 11.5. The first-order chi connectivity index (χ1) is 11.6. The first-order valence-corrected chi connectivity index (χ1v) is 17.9. The monoisotopic (exact) mass is 436 g/mol. The van der Waals surface area contributed by atoms with Crippen LogP contribution in [0.25, 0.3) is 0 Å². The van der Waals surface area contributed by atoms with E-state index in [1.165, 1.54) is 51.8 Å². The van der Waals surface area contributed by atoms with Gasteiger partial charge >= 0.3 is 154 Å². The molecule has 1 aromatic rings. The zero-order valence-electron chi connectivity index (χ0n) is 16.1. The Kier molecular flexibility index (Phi) is 10.6. The summed E-state index contributed by atoms with van der Waals surface area (Å²) in [6.45, 7) is 11.1. The third-order valence-electron chi connectivity index (χ3n) is 5.13. The van der Waals surface area contributed by atoms with Crippen molar-refractivity contribution < 1.29 is 4.79 Å². The molecule has 0 unspecified atom stereocenters. The fourth-order valence-corrected chi connectivity index (χ4v) is 19.8. The van der Waals surface area contributed by atoms with Crippen LogP contribution >= 0.6 is 0 Å². The quantitative estimate of drug-likeness (QED) is 0.181. The van der Waals surface area contributed by atoms with Crippen LogP contribution in [0.3, 0.4) is 0 Å². The molecule has 0 N–H and O–H groups in total. The summed E-state index contributed by atoms with van der Waals surface area (Å²) in [7, 11) is 0. The second kappa shape index (κ2) is 11.9. The third kappa shape index (κ3) is 7.12. The Labute approximate surface area is 153 Å². The topological polar surface area (TPSA) is 17.1 Å². The Balaban J connectivity index is 2.90. The average Bonchev–Trinajstić information content (AvgIpc) is 2.62. The van der Waals surface area contributed by atoms with E-state index in [1.54, 1.807) is 0 Å². The van der Waals surface area contributed by atoms with Gasteiger partial charge < -0.3 is 0 Å². The fraction of sp³-hybridized carbons (Fsp3) is 0.591. The number of carbonyl (C=O) groups is 1. The SMILES string of the molecule is C=C([CH2][Sn]([CH2]CCC)([CH2]CCC)[CH2]CCC)C(=O)c1ccccc1. The molecule has 1 rings (SSSR count). The van der Waals surface area contributed by atoms with Crippen molar-refractivity contribution in [1.29, 1.82) is 0 Å². The molecule has 0 saturated heterocycles. The van der Waals surface area contributed by atoms with E-state index < -0.39 is 18.4 Å². The molecule has 0 aliphatic rings. The van der Waals surface area contributed by atoms with Crippen LogP contribution in [0.1, 0.15) is 69.7 Å². The molecule has 0 bridgehead atoms. The van der Waals surface area contributed by atoms with Crippen molar-refractivity contribution in [1.82, 2.24) is 0 Å². The number of Topliss-reactive ketones (excluding diaryl/α,β-unsaturated/α-hetero) is 1. The Morgan fingerprint density at radius 1 is 0.875 bits per heavy atom. The summed E-state index contributed by atoms with van der Waals surface area (Å²) in [6.07, 6.45) is 7.85. The van der Waals surface area contributed by atoms with E-state index in [-0.39, 0.29) is 5.78 Å². The summed E-state index contributed by atoms with van der Waals surface area (Å²) in [5.41, 5.74) is 1.70. The molecule has 24 heavy (non-hydrogen) atoms. The van der Waals surface area contributed by atoms with Gasteiger partial charge in [0.1, 0.15) is 0 Å². The van der Waals surface area contributed by atoms with Crippen molar-refractivity contribution in [2.75, 3.05) is 0 Å². The van der Waals surface area contributed by atoms with Gasteiger partial charge in [0.25, 0.3) is 0 Å². The Hall–Kier alpha value is -0.571. The van der Waals surface area contributed by atoms with Crippen LogP contribution in [0, 0.1) is 0 Å². The van der Waals surface area contributed by atoms with E-state index in [9.17, 15) is 4.79 Å². The van der Waals surface area contributed by atoms with E-state index >= 15 is 0 Å². The number of hydrogen-bond donors (Lipinski definition) is 0. The van der Waals surface area contributed by atoms with Crippen molar-refractivity contribution in [2.24, 2.45) is 0 Å². The van der Waals surface area contributed by atoms with E-state index in [4.69, 9.17) is 0 Å². The molecule has 0 aliphatic carbocycles. The van der Waals surface area contributed by atoms with Crippen LogP contribution < -0.4 is 0 Å². The average molecular weight is 435 g/mol. The zero-order chi connectivity index (χ0) is 17.8. The van der Waals surface area contributed by atoms with Crippen molar-refractivity contribution in [3.8, 4) is 0 Å². The van der Waals surface area contributed by atoms with Gasteiger partial charge in [0.15, 0.2) is 0 Å². The van der Waals surface area contributed by atoms with Crippen LogP contribution in [-0.2, 0) is 0 Å². The van der Waals surface area contributed by atoms with Gasteiger partial charge in [0, 0.05) is 0 Å². The van der Waals surface area contributed by atoms with Gasteiger partial charge in [-0.05, 0) is 0 Å². The van der Waals surface area contributed by atoms with Crippen molar-refractivity contribution in [3.63, 3.8) is 0 Å². The summed E-state index contributed by atoms with van der Waals surface area (Å²) < 4.78 is 5.38. The molecule has 134 valence electrons. The molecule has 0 saturated carbocycles. The van der Waals surface area contributed by atoms with Crippen LogP contribution in [0.15, 0.2) is 42.5 Å². The molecule has 0 amide bonds. The summed E-state index contributed by atoms with van der Waals surface area (Å²) >= 11 is -2.31. The number of benzene rings is 1. The number of carbonyl (C=O) groups excluding carboxylic acids is 1. The zero-order valence-corrected chi connectivity index (χ0v) is 18.9. The van der Waals surface area contributed by atoms with Crippen molar-refractivity contribution in [3.05, 3.63) is 48.0 Å². The summed E-state index contributed by atoms with van der Waals surface area (Å²) in [5, 5.41) is 0. The molecular formula is C22H36OSn. The van der Waals surface area contributed by atoms with E-state index in [1.807, 2.05) is 30.3 Å². The molecule has 0 aliphatic heterocycles. The molecule has 1 aromatic carbocycles. The number of hydrogen-bond acceptors (Lipinski definition) is 1. The molecule has 2 heteroatoms. The van der Waals surface area contributed by atoms with E-state index in [0.717, 1.165) is 15.6 Å². The fourth-order valence-electron chi connectivity index (χ4n) is 3.62. The second-order valence-corrected chi connectivity index (χ2v) is 21.1. The van der Waals surface area contributed by atoms with Gasteiger partial charge in [0.2, 0.25) is 0 Å². The van der Waals surface area contributed by atoms with Gasteiger partial charge in [-0.2, -0.15) is 0 Å². The van der Waals surface area contributed by atoms with E-state index in [2.05, 4.69) is 27.4 Å².